The zero-order valence-electron chi connectivity index (χ0n) is 10.6. The van der Waals surface area contributed by atoms with Gasteiger partial charge in [0.25, 0.3) is 5.56 Å². The molecule has 0 aliphatic carbocycles. The molecule has 0 bridgehead atoms. The molecule has 1 heterocycles. The third-order valence-electron chi connectivity index (χ3n) is 2.41. The van der Waals surface area contributed by atoms with E-state index in [1.807, 2.05) is 18.8 Å². The number of nitrogens with zero attached hydrogens (tertiary/aromatic N) is 1. The first kappa shape index (κ1) is 14.0. The Kier molecular flexibility index (Phi) is 4.30. The molecule has 1 atom stereocenters. The Balaban J connectivity index is 2.97. The third kappa shape index (κ3) is 3.22. The largest absolute Gasteiger partial charge is 0.494 e. The summed E-state index contributed by atoms with van der Waals surface area (Å²) in [4.78, 5) is 36.2. The average Bonchev–Trinajstić information content (AvgIpc) is 2.24. The van der Waals surface area contributed by atoms with Gasteiger partial charge in [0.05, 0.1) is 6.07 Å². The Bertz CT molecular complexity index is 544. The second-order valence-corrected chi connectivity index (χ2v) is 4.48. The van der Waals surface area contributed by atoms with E-state index in [0.29, 0.717) is 6.54 Å². The number of carbonyl (C=O) groups is 1. The highest BCUT2D eigenvalue weighted by Gasteiger charge is 2.19. The lowest BCUT2D eigenvalue weighted by atomic mass is 10.2. The predicted molar refractivity (Wildman–Crippen MR) is 65.5 cm³/mol. The van der Waals surface area contributed by atoms with Crippen LogP contribution in [0.5, 0.6) is 5.88 Å². The summed E-state index contributed by atoms with van der Waals surface area (Å²) < 4.78 is 0.830. The van der Waals surface area contributed by atoms with E-state index in [1.54, 1.807) is 0 Å². The summed E-state index contributed by atoms with van der Waals surface area (Å²) in [7, 11) is 0. The van der Waals surface area contributed by atoms with Gasteiger partial charge in [0.15, 0.2) is 0 Å². The van der Waals surface area contributed by atoms with Gasteiger partial charge >= 0.3 is 5.69 Å². The molecule has 0 saturated carbocycles. The van der Waals surface area contributed by atoms with Crippen molar-refractivity contribution in [3.05, 3.63) is 26.9 Å². The van der Waals surface area contributed by atoms with E-state index in [2.05, 4.69) is 5.32 Å². The summed E-state index contributed by atoms with van der Waals surface area (Å²) in [5.41, 5.74) is -1.52. The first-order chi connectivity index (χ1) is 8.32. The number of nitrogens with one attached hydrogen (secondary N) is 2. The van der Waals surface area contributed by atoms with Gasteiger partial charge in [-0.25, -0.2) is 4.79 Å². The lowest BCUT2D eigenvalue weighted by Gasteiger charge is -2.16. The second kappa shape index (κ2) is 5.52. The van der Waals surface area contributed by atoms with Crippen LogP contribution in [0.2, 0.25) is 0 Å². The quantitative estimate of drug-likeness (QED) is 0.679. The van der Waals surface area contributed by atoms with Crippen LogP contribution in [-0.2, 0) is 4.79 Å². The molecular formula is C11H17N3O4. The highest BCUT2D eigenvalue weighted by molar-refractivity contribution is 5.80. The number of aromatic hydroxyl groups is 1. The van der Waals surface area contributed by atoms with Crippen LogP contribution >= 0.6 is 0 Å². The van der Waals surface area contributed by atoms with Crippen molar-refractivity contribution >= 4 is 5.91 Å². The van der Waals surface area contributed by atoms with E-state index < -0.39 is 29.1 Å². The number of aromatic amines is 1. The second-order valence-electron chi connectivity index (χ2n) is 4.48. The summed E-state index contributed by atoms with van der Waals surface area (Å²) in [5, 5.41) is 12.2. The minimum Gasteiger partial charge on any atom is -0.494 e. The van der Waals surface area contributed by atoms with E-state index in [0.717, 1.165) is 10.6 Å². The molecule has 7 heteroatoms. The van der Waals surface area contributed by atoms with Gasteiger partial charge in [-0.2, -0.15) is 0 Å². The summed E-state index contributed by atoms with van der Waals surface area (Å²) >= 11 is 0. The van der Waals surface area contributed by atoms with Gasteiger partial charge in [-0.15, -0.1) is 0 Å². The van der Waals surface area contributed by atoms with Crippen LogP contribution in [-0.4, -0.2) is 27.1 Å². The third-order valence-corrected chi connectivity index (χ3v) is 2.41. The molecule has 7 nitrogen and oxygen atoms in total. The number of rotatable bonds is 4. The van der Waals surface area contributed by atoms with E-state index >= 15 is 0 Å². The summed E-state index contributed by atoms with van der Waals surface area (Å²) in [5.74, 6) is -0.647. The van der Waals surface area contributed by atoms with Crippen LogP contribution in [0.1, 0.15) is 26.8 Å². The fraction of sp³-hybridized carbons (Fsp3) is 0.545. The molecule has 0 aliphatic rings. The Morgan fingerprint density at radius 1 is 1.44 bits per heavy atom. The van der Waals surface area contributed by atoms with Gasteiger partial charge in [0, 0.05) is 6.54 Å². The fourth-order valence-electron chi connectivity index (χ4n) is 1.44. The van der Waals surface area contributed by atoms with Gasteiger partial charge in [0.2, 0.25) is 11.8 Å². The smallest absolute Gasteiger partial charge is 0.331 e. The average molecular weight is 255 g/mol. The predicted octanol–water partition coefficient (Wildman–Crippen LogP) is -0.425. The van der Waals surface area contributed by atoms with Gasteiger partial charge in [-0.1, -0.05) is 13.8 Å². The van der Waals surface area contributed by atoms with E-state index in [4.69, 9.17) is 0 Å². The Morgan fingerprint density at radius 3 is 2.56 bits per heavy atom. The monoisotopic (exact) mass is 255 g/mol. The molecule has 1 rings (SSSR count). The van der Waals surface area contributed by atoms with Crippen molar-refractivity contribution in [3.8, 4) is 5.88 Å². The standard InChI is InChI=1S/C11H17N3O4/c1-6(2)5-12-10(17)7(3)14-9(16)4-8(15)13-11(14)18/h4,6-7,16H,5H2,1-3H3,(H,12,17)(H,13,15,18). The maximum absolute atomic E-state index is 11.8. The van der Waals surface area contributed by atoms with Crippen molar-refractivity contribution in [2.75, 3.05) is 6.54 Å². The van der Waals surface area contributed by atoms with Crippen LogP contribution < -0.4 is 16.6 Å². The molecule has 0 radical (unpaired) electrons. The minimum atomic E-state index is -0.895. The zero-order chi connectivity index (χ0) is 13.9. The Hall–Kier alpha value is -2.05. The lowest BCUT2D eigenvalue weighted by Crippen LogP contribution is -2.39. The Labute approximate surface area is 103 Å². The lowest BCUT2D eigenvalue weighted by molar-refractivity contribution is -0.124. The molecule has 18 heavy (non-hydrogen) atoms. The molecule has 0 saturated heterocycles. The zero-order valence-corrected chi connectivity index (χ0v) is 10.6. The van der Waals surface area contributed by atoms with Crippen molar-refractivity contribution < 1.29 is 9.90 Å². The van der Waals surface area contributed by atoms with Gasteiger partial charge in [0.1, 0.15) is 6.04 Å². The molecule has 0 fully saturated rings. The molecule has 1 aromatic heterocycles. The number of aromatic nitrogens is 2. The van der Waals surface area contributed by atoms with Gasteiger partial charge in [-0.05, 0) is 12.8 Å². The maximum atomic E-state index is 11.8. The Morgan fingerprint density at radius 2 is 2.06 bits per heavy atom. The van der Waals surface area contributed by atoms with Crippen molar-refractivity contribution in [1.29, 1.82) is 0 Å². The highest BCUT2D eigenvalue weighted by Crippen LogP contribution is 2.10. The number of H-pyrrole nitrogens is 1. The van der Waals surface area contributed by atoms with Crippen LogP contribution in [0.4, 0.5) is 0 Å². The summed E-state index contributed by atoms with van der Waals surface area (Å²) in [6.45, 7) is 5.82. The molecular weight excluding hydrogens is 238 g/mol. The van der Waals surface area contributed by atoms with Crippen LogP contribution in [0.25, 0.3) is 0 Å². The molecule has 1 aromatic rings. The van der Waals surface area contributed by atoms with Crippen molar-refractivity contribution in [2.45, 2.75) is 26.8 Å². The minimum absolute atomic E-state index is 0.280. The number of hydrogen-bond donors (Lipinski definition) is 3. The van der Waals surface area contributed by atoms with Gasteiger partial charge < -0.3 is 10.4 Å². The highest BCUT2D eigenvalue weighted by atomic mass is 16.3. The van der Waals surface area contributed by atoms with Crippen molar-refractivity contribution in [2.24, 2.45) is 5.92 Å². The SMILES string of the molecule is CC(C)CNC(=O)C(C)n1c(O)cc(=O)[nH]c1=O. The van der Waals surface area contributed by atoms with Crippen LogP contribution in [0.3, 0.4) is 0 Å². The summed E-state index contributed by atoms with van der Waals surface area (Å²) in [6.07, 6.45) is 0. The van der Waals surface area contributed by atoms with E-state index in [9.17, 15) is 19.5 Å². The molecule has 100 valence electrons. The number of hydrogen-bond acceptors (Lipinski definition) is 4. The van der Waals surface area contributed by atoms with Gasteiger partial charge in [-0.3, -0.25) is 19.1 Å². The number of carbonyl (C=O) groups excluding carboxylic acids is 1. The fourth-order valence-corrected chi connectivity index (χ4v) is 1.44. The molecule has 0 aliphatic heterocycles. The first-order valence-corrected chi connectivity index (χ1v) is 5.65. The van der Waals surface area contributed by atoms with E-state index in [1.165, 1.54) is 6.92 Å². The molecule has 0 spiro atoms. The maximum Gasteiger partial charge on any atom is 0.331 e. The van der Waals surface area contributed by atoms with Crippen LogP contribution in [0.15, 0.2) is 15.7 Å². The molecule has 1 unspecified atom stereocenters. The van der Waals surface area contributed by atoms with Crippen molar-refractivity contribution in [3.63, 3.8) is 0 Å². The normalized spacial score (nSPS) is 12.4. The van der Waals surface area contributed by atoms with Crippen molar-refractivity contribution in [1.82, 2.24) is 14.9 Å². The van der Waals surface area contributed by atoms with Crippen LogP contribution in [0, 0.1) is 5.92 Å². The van der Waals surface area contributed by atoms with E-state index in [-0.39, 0.29) is 5.92 Å². The first-order valence-electron chi connectivity index (χ1n) is 5.65. The molecule has 0 aromatic carbocycles. The summed E-state index contributed by atoms with van der Waals surface area (Å²) in [6, 6.07) is -0.0405. The number of amides is 1. The molecule has 1 amide bonds. The molecule has 3 N–H and O–H groups in total. The topological polar surface area (TPSA) is 104 Å².